The molecule has 0 aliphatic rings. The van der Waals surface area contributed by atoms with Gasteiger partial charge in [-0.3, -0.25) is 14.4 Å². The van der Waals surface area contributed by atoms with Gasteiger partial charge in [-0.15, -0.1) is 0 Å². The van der Waals surface area contributed by atoms with Crippen LogP contribution in [0.4, 0.5) is 17.1 Å². The van der Waals surface area contributed by atoms with E-state index < -0.39 is 5.91 Å². The minimum absolute atomic E-state index is 0.166. The second-order valence-electron chi connectivity index (χ2n) is 5.58. The molecule has 2 aromatic rings. The number of carbonyl (C=O) groups excluding carboxylic acids is 3. The van der Waals surface area contributed by atoms with Crippen LogP contribution in [0.25, 0.3) is 0 Å². The summed E-state index contributed by atoms with van der Waals surface area (Å²) in [5.41, 5.74) is 3.03. The highest BCUT2D eigenvalue weighted by molar-refractivity contribution is 6.08. The molecular formula is C19H21N3O3. The van der Waals surface area contributed by atoms with Gasteiger partial charge in [0.1, 0.15) is 6.42 Å². The van der Waals surface area contributed by atoms with Crippen LogP contribution < -0.4 is 16.0 Å². The first-order valence-corrected chi connectivity index (χ1v) is 8.02. The maximum Gasteiger partial charge on any atom is 0.233 e. The van der Waals surface area contributed by atoms with Crippen LogP contribution in [0.1, 0.15) is 25.8 Å². The van der Waals surface area contributed by atoms with Crippen molar-refractivity contribution in [3.63, 3.8) is 0 Å². The molecule has 2 aromatic carbocycles. The molecule has 0 fully saturated rings. The Labute approximate surface area is 146 Å². The smallest absolute Gasteiger partial charge is 0.233 e. The van der Waals surface area contributed by atoms with Gasteiger partial charge in [-0.2, -0.15) is 0 Å². The van der Waals surface area contributed by atoms with Crippen LogP contribution >= 0.6 is 0 Å². The molecule has 0 aliphatic heterocycles. The number of amides is 3. The summed E-state index contributed by atoms with van der Waals surface area (Å²) in [5.74, 6) is -0.952. The zero-order valence-electron chi connectivity index (χ0n) is 14.3. The maximum atomic E-state index is 11.9. The Morgan fingerprint density at radius 2 is 1.12 bits per heavy atom. The number of anilines is 3. The molecule has 0 atom stereocenters. The fraction of sp³-hybridized carbons (Fsp3) is 0.211. The molecular weight excluding hydrogens is 318 g/mol. The summed E-state index contributed by atoms with van der Waals surface area (Å²) in [7, 11) is 0. The molecule has 0 unspecified atom stereocenters. The summed E-state index contributed by atoms with van der Waals surface area (Å²) < 4.78 is 0. The number of nitrogens with one attached hydrogen (secondary N) is 3. The first kappa shape index (κ1) is 18.2. The number of carbonyl (C=O) groups is 3. The van der Waals surface area contributed by atoms with Gasteiger partial charge in [0, 0.05) is 24.0 Å². The average Bonchev–Trinajstić information content (AvgIpc) is 2.56. The third-order valence-corrected chi connectivity index (χ3v) is 3.46. The van der Waals surface area contributed by atoms with Crippen LogP contribution in [-0.2, 0) is 20.8 Å². The topological polar surface area (TPSA) is 87.3 Å². The average molecular weight is 339 g/mol. The SMILES string of the molecule is CCc1ccc(NC(=O)CC(=O)Nc2ccc(NC(C)=O)cc2)cc1. The van der Waals surface area contributed by atoms with Gasteiger partial charge in [0.25, 0.3) is 0 Å². The van der Waals surface area contributed by atoms with E-state index in [4.69, 9.17) is 0 Å². The second-order valence-corrected chi connectivity index (χ2v) is 5.58. The van der Waals surface area contributed by atoms with Crippen LogP contribution in [0.5, 0.6) is 0 Å². The Morgan fingerprint density at radius 1 is 0.720 bits per heavy atom. The highest BCUT2D eigenvalue weighted by atomic mass is 16.2. The number of hydrogen-bond donors (Lipinski definition) is 3. The van der Waals surface area contributed by atoms with E-state index in [0.29, 0.717) is 17.1 Å². The standard InChI is InChI=1S/C19H21N3O3/c1-3-14-4-6-16(7-5-14)21-18(24)12-19(25)22-17-10-8-15(9-11-17)20-13(2)23/h4-11H,3,12H2,1-2H3,(H,20,23)(H,21,24)(H,22,25). The predicted octanol–water partition coefficient (Wildman–Crippen LogP) is 3.17. The Morgan fingerprint density at radius 3 is 1.52 bits per heavy atom. The van der Waals surface area contributed by atoms with Crippen LogP contribution in [0.2, 0.25) is 0 Å². The van der Waals surface area contributed by atoms with Gasteiger partial charge in [-0.25, -0.2) is 0 Å². The van der Waals surface area contributed by atoms with Gasteiger partial charge in [-0.05, 0) is 48.4 Å². The predicted molar refractivity (Wildman–Crippen MR) is 98.4 cm³/mol. The lowest BCUT2D eigenvalue weighted by atomic mass is 10.1. The van der Waals surface area contributed by atoms with E-state index in [-0.39, 0.29) is 18.2 Å². The first-order chi connectivity index (χ1) is 12.0. The fourth-order valence-corrected chi connectivity index (χ4v) is 2.22. The van der Waals surface area contributed by atoms with Crippen LogP contribution in [0.3, 0.4) is 0 Å². The molecule has 6 nitrogen and oxygen atoms in total. The van der Waals surface area contributed by atoms with Crippen molar-refractivity contribution in [2.75, 3.05) is 16.0 Å². The van der Waals surface area contributed by atoms with Crippen molar-refractivity contribution in [1.29, 1.82) is 0 Å². The molecule has 0 aliphatic carbocycles. The largest absolute Gasteiger partial charge is 0.326 e. The number of hydrogen-bond acceptors (Lipinski definition) is 3. The minimum atomic E-state index is -0.407. The summed E-state index contributed by atoms with van der Waals surface area (Å²) in [4.78, 5) is 34.8. The number of aryl methyl sites for hydroxylation is 1. The maximum absolute atomic E-state index is 11.9. The van der Waals surface area contributed by atoms with Crippen molar-refractivity contribution in [1.82, 2.24) is 0 Å². The van der Waals surface area contributed by atoms with E-state index in [9.17, 15) is 14.4 Å². The lowest BCUT2D eigenvalue weighted by molar-refractivity contribution is -0.123. The molecule has 3 N–H and O–H groups in total. The number of benzene rings is 2. The summed E-state index contributed by atoms with van der Waals surface area (Å²) in [6, 6.07) is 14.2. The molecule has 0 saturated heterocycles. The van der Waals surface area contributed by atoms with Crippen molar-refractivity contribution in [3.05, 3.63) is 54.1 Å². The monoisotopic (exact) mass is 339 g/mol. The molecule has 0 saturated carbocycles. The molecule has 2 rings (SSSR count). The van der Waals surface area contributed by atoms with Gasteiger partial charge in [-0.1, -0.05) is 19.1 Å². The molecule has 0 bridgehead atoms. The van der Waals surface area contributed by atoms with Gasteiger partial charge >= 0.3 is 0 Å². The molecule has 25 heavy (non-hydrogen) atoms. The minimum Gasteiger partial charge on any atom is -0.326 e. The zero-order valence-corrected chi connectivity index (χ0v) is 14.3. The number of rotatable bonds is 6. The van der Waals surface area contributed by atoms with Crippen molar-refractivity contribution in [3.8, 4) is 0 Å². The molecule has 0 heterocycles. The van der Waals surface area contributed by atoms with Crippen molar-refractivity contribution >= 4 is 34.8 Å². The quantitative estimate of drug-likeness (QED) is 0.706. The van der Waals surface area contributed by atoms with Gasteiger partial charge < -0.3 is 16.0 Å². The Kier molecular flexibility index (Phi) is 6.28. The van der Waals surface area contributed by atoms with E-state index >= 15 is 0 Å². The molecule has 6 heteroatoms. The van der Waals surface area contributed by atoms with Crippen LogP contribution in [-0.4, -0.2) is 17.7 Å². The highest BCUT2D eigenvalue weighted by Gasteiger charge is 2.10. The van der Waals surface area contributed by atoms with E-state index in [1.54, 1.807) is 24.3 Å². The second kappa shape index (κ2) is 8.63. The third-order valence-electron chi connectivity index (χ3n) is 3.46. The van der Waals surface area contributed by atoms with Crippen molar-refractivity contribution in [2.45, 2.75) is 26.7 Å². The lowest BCUT2D eigenvalue weighted by Gasteiger charge is -2.08. The summed E-state index contributed by atoms with van der Waals surface area (Å²) in [5, 5.41) is 7.98. The van der Waals surface area contributed by atoms with Crippen molar-refractivity contribution in [2.24, 2.45) is 0 Å². The summed E-state index contributed by atoms with van der Waals surface area (Å²) in [6.45, 7) is 3.48. The summed E-state index contributed by atoms with van der Waals surface area (Å²) >= 11 is 0. The van der Waals surface area contributed by atoms with E-state index in [1.807, 2.05) is 24.3 Å². The van der Waals surface area contributed by atoms with Crippen LogP contribution in [0.15, 0.2) is 48.5 Å². The van der Waals surface area contributed by atoms with Gasteiger partial charge in [0.15, 0.2) is 0 Å². The molecule has 0 radical (unpaired) electrons. The molecule has 0 aromatic heterocycles. The Balaban J connectivity index is 1.84. The molecule has 3 amide bonds. The van der Waals surface area contributed by atoms with E-state index in [2.05, 4.69) is 22.9 Å². The third kappa shape index (κ3) is 6.10. The summed E-state index contributed by atoms with van der Waals surface area (Å²) in [6.07, 6.45) is 0.653. The van der Waals surface area contributed by atoms with Crippen LogP contribution in [0, 0.1) is 0 Å². The zero-order chi connectivity index (χ0) is 18.2. The fourth-order valence-electron chi connectivity index (χ4n) is 2.22. The molecule has 130 valence electrons. The van der Waals surface area contributed by atoms with Gasteiger partial charge in [0.05, 0.1) is 0 Å². The normalized spacial score (nSPS) is 10.0. The van der Waals surface area contributed by atoms with E-state index in [0.717, 1.165) is 6.42 Å². The highest BCUT2D eigenvalue weighted by Crippen LogP contribution is 2.14. The Hall–Kier alpha value is -3.15. The van der Waals surface area contributed by atoms with Crippen molar-refractivity contribution < 1.29 is 14.4 Å². The first-order valence-electron chi connectivity index (χ1n) is 8.02. The molecule has 0 spiro atoms. The lowest BCUT2D eigenvalue weighted by Crippen LogP contribution is -2.21. The van der Waals surface area contributed by atoms with Gasteiger partial charge in [0.2, 0.25) is 17.7 Å². The Bertz CT molecular complexity index is 752. The van der Waals surface area contributed by atoms with E-state index in [1.165, 1.54) is 12.5 Å².